The Kier molecular flexibility index (Phi) is 7.03. The second kappa shape index (κ2) is 9.97. The maximum Gasteiger partial charge on any atom is 0.282 e. The first kappa shape index (κ1) is 24.0. The lowest BCUT2D eigenvalue weighted by atomic mass is 10.2. The molecule has 0 aliphatic rings. The van der Waals surface area contributed by atoms with Crippen molar-refractivity contribution in [1.29, 1.82) is 0 Å². The summed E-state index contributed by atoms with van der Waals surface area (Å²) in [4.78, 5) is 18.0. The summed E-state index contributed by atoms with van der Waals surface area (Å²) in [5, 5.41) is 5.14. The Morgan fingerprint density at radius 3 is 2.53 bits per heavy atom. The zero-order chi connectivity index (χ0) is 24.4. The molecule has 0 bridgehead atoms. The molecule has 34 heavy (non-hydrogen) atoms. The molecule has 0 aliphatic heterocycles. The minimum atomic E-state index is -0.166. The van der Waals surface area contributed by atoms with Crippen LogP contribution >= 0.6 is 15.9 Å². The van der Waals surface area contributed by atoms with E-state index in [1.807, 2.05) is 50.2 Å². The number of rotatable bonds is 7. The van der Waals surface area contributed by atoms with Crippen molar-refractivity contribution >= 4 is 33.0 Å². The predicted octanol–water partition coefficient (Wildman–Crippen LogP) is 6.19. The Balaban J connectivity index is 1.73. The van der Waals surface area contributed by atoms with Gasteiger partial charge in [0.05, 0.1) is 23.2 Å². The highest BCUT2D eigenvalue weighted by Gasteiger charge is 2.13. The highest BCUT2D eigenvalue weighted by atomic mass is 79.9. The van der Waals surface area contributed by atoms with Crippen LogP contribution in [-0.2, 0) is 6.42 Å². The average Bonchev–Trinajstić information content (AvgIpc) is 3.07. The molecule has 0 unspecified atom stereocenters. The van der Waals surface area contributed by atoms with E-state index in [1.54, 1.807) is 12.3 Å². The zero-order valence-corrected chi connectivity index (χ0v) is 21.8. The fraction of sp³-hybridized carbons (Fsp3) is 0.296. The van der Waals surface area contributed by atoms with Crippen molar-refractivity contribution in [3.63, 3.8) is 0 Å². The van der Waals surface area contributed by atoms with Crippen molar-refractivity contribution < 1.29 is 4.74 Å². The fourth-order valence-corrected chi connectivity index (χ4v) is 4.44. The van der Waals surface area contributed by atoms with E-state index in [4.69, 9.17) is 9.72 Å². The van der Waals surface area contributed by atoms with Gasteiger partial charge in [-0.15, -0.1) is 0 Å². The quantitative estimate of drug-likeness (QED) is 0.273. The summed E-state index contributed by atoms with van der Waals surface area (Å²) in [6, 6.07) is 15.7. The average molecular weight is 521 g/mol. The molecule has 0 saturated carbocycles. The van der Waals surface area contributed by atoms with E-state index in [2.05, 4.69) is 52.4 Å². The monoisotopic (exact) mass is 520 g/mol. The number of nitrogens with zero attached hydrogens (tertiary/aromatic N) is 4. The Labute approximate surface area is 208 Å². The van der Waals surface area contributed by atoms with Gasteiger partial charge in [0.15, 0.2) is 0 Å². The molecule has 0 N–H and O–H groups in total. The first-order valence-corrected chi connectivity index (χ1v) is 12.3. The van der Waals surface area contributed by atoms with Crippen molar-refractivity contribution in [3.8, 4) is 11.4 Å². The largest absolute Gasteiger partial charge is 0.491 e. The summed E-state index contributed by atoms with van der Waals surface area (Å²) < 4.78 is 10.2. The third-order valence-electron chi connectivity index (χ3n) is 5.60. The topological polar surface area (TPSA) is 61.4 Å². The number of fused-ring (bicyclic) bond motifs is 1. The molecule has 176 valence electrons. The van der Waals surface area contributed by atoms with Gasteiger partial charge in [-0.05, 0) is 82.6 Å². The minimum absolute atomic E-state index is 0.135. The van der Waals surface area contributed by atoms with Crippen molar-refractivity contribution in [2.75, 3.05) is 0 Å². The molecule has 0 spiro atoms. The van der Waals surface area contributed by atoms with Crippen LogP contribution in [0, 0.1) is 13.8 Å². The van der Waals surface area contributed by atoms with Crippen molar-refractivity contribution in [1.82, 2.24) is 14.2 Å². The minimum Gasteiger partial charge on any atom is -0.491 e. The van der Waals surface area contributed by atoms with Gasteiger partial charge in [0.1, 0.15) is 11.6 Å². The van der Waals surface area contributed by atoms with Crippen LogP contribution in [0.3, 0.4) is 0 Å². The summed E-state index contributed by atoms with van der Waals surface area (Å²) in [5.74, 6) is 1.51. The molecule has 0 aliphatic carbocycles. The van der Waals surface area contributed by atoms with E-state index >= 15 is 0 Å². The van der Waals surface area contributed by atoms with Crippen LogP contribution in [0.1, 0.15) is 50.0 Å². The van der Waals surface area contributed by atoms with Gasteiger partial charge in [-0.3, -0.25) is 4.79 Å². The number of aryl methyl sites for hydroxylation is 2. The molecule has 0 amide bonds. The second-order valence-electron chi connectivity index (χ2n) is 8.62. The molecule has 0 atom stereocenters. The maximum atomic E-state index is 13.3. The first-order valence-electron chi connectivity index (χ1n) is 11.5. The van der Waals surface area contributed by atoms with Crippen molar-refractivity contribution in [2.24, 2.45) is 5.10 Å². The van der Waals surface area contributed by atoms with Gasteiger partial charge in [-0.2, -0.15) is 9.78 Å². The molecule has 0 radical (unpaired) electrons. The fourth-order valence-electron chi connectivity index (χ4n) is 4.08. The lowest BCUT2D eigenvalue weighted by molar-refractivity contribution is 0.242. The van der Waals surface area contributed by atoms with Crippen LogP contribution in [-0.4, -0.2) is 26.5 Å². The molecular formula is C27H29BrN4O2. The Morgan fingerprint density at radius 2 is 1.85 bits per heavy atom. The van der Waals surface area contributed by atoms with E-state index < -0.39 is 0 Å². The molecule has 4 aromatic rings. The second-order valence-corrected chi connectivity index (χ2v) is 9.54. The van der Waals surface area contributed by atoms with Crippen LogP contribution in [0.5, 0.6) is 5.75 Å². The maximum absolute atomic E-state index is 13.3. The van der Waals surface area contributed by atoms with Gasteiger partial charge in [-0.1, -0.05) is 22.9 Å². The zero-order valence-electron chi connectivity index (χ0n) is 20.2. The number of ether oxygens (including phenoxy) is 1. The number of halogens is 1. The van der Waals surface area contributed by atoms with E-state index in [0.29, 0.717) is 23.1 Å². The van der Waals surface area contributed by atoms with Gasteiger partial charge in [0, 0.05) is 33.5 Å². The third-order valence-corrected chi connectivity index (χ3v) is 6.09. The Bertz CT molecular complexity index is 1420. The smallest absolute Gasteiger partial charge is 0.282 e. The number of hydrogen-bond donors (Lipinski definition) is 0. The summed E-state index contributed by atoms with van der Waals surface area (Å²) in [5.41, 5.74) is 4.64. The Morgan fingerprint density at radius 1 is 1.12 bits per heavy atom. The van der Waals surface area contributed by atoms with Gasteiger partial charge < -0.3 is 9.30 Å². The van der Waals surface area contributed by atoms with E-state index in [1.165, 1.54) is 4.68 Å². The van der Waals surface area contributed by atoms with Crippen molar-refractivity contribution in [2.45, 2.75) is 53.6 Å². The molecule has 0 saturated heterocycles. The van der Waals surface area contributed by atoms with Crippen LogP contribution in [0.4, 0.5) is 0 Å². The molecule has 2 aromatic carbocycles. The standard InChI is InChI=1S/C27H29BrN4O2/c1-6-7-26-30-25-13-8-21(28)15-24(25)27(33)32(26)29-16-20-14-18(4)31(19(20)5)22-9-11-23(12-10-22)34-17(2)3/h8-17H,6-7H2,1-5H3. The van der Waals surface area contributed by atoms with E-state index in [9.17, 15) is 4.79 Å². The first-order chi connectivity index (χ1) is 16.3. The molecule has 0 fully saturated rings. The third kappa shape index (κ3) is 4.85. The van der Waals surface area contributed by atoms with Gasteiger partial charge in [-0.25, -0.2) is 4.98 Å². The van der Waals surface area contributed by atoms with Gasteiger partial charge in [0.25, 0.3) is 5.56 Å². The molecule has 4 rings (SSSR count). The summed E-state index contributed by atoms with van der Waals surface area (Å²) >= 11 is 3.45. The SMILES string of the molecule is CCCc1nc2ccc(Br)cc2c(=O)n1N=Cc1cc(C)n(-c2ccc(OC(C)C)cc2)c1C. The molecule has 6 nitrogen and oxygen atoms in total. The lowest BCUT2D eigenvalue weighted by Crippen LogP contribution is -2.22. The van der Waals surface area contributed by atoms with Gasteiger partial charge >= 0.3 is 0 Å². The molecule has 2 heterocycles. The lowest BCUT2D eigenvalue weighted by Gasteiger charge is -2.13. The predicted molar refractivity (Wildman–Crippen MR) is 142 cm³/mol. The summed E-state index contributed by atoms with van der Waals surface area (Å²) in [6.45, 7) is 10.2. The highest BCUT2D eigenvalue weighted by molar-refractivity contribution is 9.10. The Hall–Kier alpha value is -3.19. The number of hydrogen-bond acceptors (Lipinski definition) is 4. The van der Waals surface area contributed by atoms with Gasteiger partial charge in [0.2, 0.25) is 0 Å². The van der Waals surface area contributed by atoms with Crippen LogP contribution in [0.2, 0.25) is 0 Å². The molecule has 7 heteroatoms. The molecular weight excluding hydrogens is 492 g/mol. The van der Waals surface area contributed by atoms with Crippen LogP contribution in [0.15, 0.2) is 62.9 Å². The van der Waals surface area contributed by atoms with Crippen molar-refractivity contribution in [3.05, 3.63) is 86.1 Å². The van der Waals surface area contributed by atoms with E-state index in [0.717, 1.165) is 39.3 Å². The molecule has 2 aromatic heterocycles. The van der Waals surface area contributed by atoms with Crippen LogP contribution in [0.25, 0.3) is 16.6 Å². The summed E-state index contributed by atoms with van der Waals surface area (Å²) in [7, 11) is 0. The summed E-state index contributed by atoms with van der Waals surface area (Å²) in [6.07, 6.45) is 3.42. The number of aromatic nitrogens is 3. The van der Waals surface area contributed by atoms with E-state index in [-0.39, 0.29) is 11.7 Å². The highest BCUT2D eigenvalue weighted by Crippen LogP contribution is 2.23. The normalized spacial score (nSPS) is 11.7. The van der Waals surface area contributed by atoms with Crippen LogP contribution < -0.4 is 10.3 Å². The number of benzene rings is 2.